The highest BCUT2D eigenvalue weighted by Gasteiger charge is 2.23. The lowest BCUT2D eigenvalue weighted by molar-refractivity contribution is -0.130. The Morgan fingerprint density at radius 1 is 1.62 bits per heavy atom. The van der Waals surface area contributed by atoms with Gasteiger partial charge < -0.3 is 20.9 Å². The molecular weight excluding hydrogens is 334 g/mol. The van der Waals surface area contributed by atoms with Gasteiger partial charge in [-0.3, -0.25) is 4.79 Å². The summed E-state index contributed by atoms with van der Waals surface area (Å²) in [6.07, 6.45) is 5.69. The van der Waals surface area contributed by atoms with Gasteiger partial charge in [-0.25, -0.2) is 4.98 Å². The molecule has 1 saturated heterocycles. The van der Waals surface area contributed by atoms with Gasteiger partial charge in [-0.15, -0.1) is 0 Å². The van der Waals surface area contributed by atoms with Crippen molar-refractivity contribution in [2.75, 3.05) is 25.0 Å². The van der Waals surface area contributed by atoms with E-state index in [4.69, 9.17) is 5.73 Å². The Bertz CT molecular complexity index is 656. The summed E-state index contributed by atoms with van der Waals surface area (Å²) < 4.78 is 0.928. The van der Waals surface area contributed by atoms with Crippen molar-refractivity contribution in [3.05, 3.63) is 22.9 Å². The van der Waals surface area contributed by atoms with Crippen LogP contribution in [-0.4, -0.2) is 46.5 Å². The number of piperidine rings is 1. The molecule has 4 N–H and O–H groups in total. The Balaban J connectivity index is 1.80. The molecule has 3 heterocycles. The smallest absolute Gasteiger partial charge is 0.236 e. The van der Waals surface area contributed by atoms with E-state index in [0.717, 1.165) is 40.6 Å². The first-order valence-corrected chi connectivity index (χ1v) is 7.84. The quantitative estimate of drug-likeness (QED) is 0.785. The fourth-order valence-corrected chi connectivity index (χ4v) is 3.22. The molecule has 0 aliphatic carbocycles. The van der Waals surface area contributed by atoms with E-state index in [1.54, 1.807) is 6.20 Å². The van der Waals surface area contributed by atoms with Gasteiger partial charge in [0.25, 0.3) is 0 Å². The van der Waals surface area contributed by atoms with Crippen LogP contribution < -0.4 is 11.1 Å². The number of likely N-dealkylation sites (tertiary alicyclic amines) is 1. The Morgan fingerprint density at radius 3 is 3.29 bits per heavy atom. The summed E-state index contributed by atoms with van der Waals surface area (Å²) in [6, 6.07) is 2.23. The molecule has 112 valence electrons. The van der Waals surface area contributed by atoms with Crippen LogP contribution in [0.3, 0.4) is 0 Å². The van der Waals surface area contributed by atoms with Crippen molar-refractivity contribution in [1.82, 2.24) is 14.9 Å². The Morgan fingerprint density at radius 2 is 2.48 bits per heavy atom. The largest absolute Gasteiger partial charge is 0.379 e. The second kappa shape index (κ2) is 6.03. The summed E-state index contributed by atoms with van der Waals surface area (Å²) in [6.45, 7) is 1.57. The number of anilines is 1. The summed E-state index contributed by atoms with van der Waals surface area (Å²) in [5, 5.41) is 4.59. The van der Waals surface area contributed by atoms with Gasteiger partial charge in [-0.1, -0.05) is 0 Å². The van der Waals surface area contributed by atoms with E-state index in [0.29, 0.717) is 6.54 Å². The summed E-state index contributed by atoms with van der Waals surface area (Å²) in [4.78, 5) is 21.0. The van der Waals surface area contributed by atoms with Crippen LogP contribution in [0, 0.1) is 0 Å². The maximum atomic E-state index is 11.8. The highest BCUT2D eigenvalue weighted by atomic mass is 79.9. The third kappa shape index (κ3) is 2.89. The van der Waals surface area contributed by atoms with E-state index in [9.17, 15) is 4.79 Å². The number of pyridine rings is 1. The van der Waals surface area contributed by atoms with E-state index in [1.165, 1.54) is 0 Å². The molecule has 0 unspecified atom stereocenters. The minimum absolute atomic E-state index is 0.0158. The van der Waals surface area contributed by atoms with E-state index < -0.39 is 0 Å². The topological polar surface area (TPSA) is 87.0 Å². The molecule has 2 aromatic heterocycles. The number of hydrogen-bond donors (Lipinski definition) is 3. The third-order valence-electron chi connectivity index (χ3n) is 3.84. The van der Waals surface area contributed by atoms with Crippen LogP contribution >= 0.6 is 15.9 Å². The normalized spacial score (nSPS) is 19.0. The average molecular weight is 352 g/mol. The number of nitrogens with two attached hydrogens (primary N) is 1. The summed E-state index contributed by atoms with van der Waals surface area (Å²) >= 11 is 3.55. The monoisotopic (exact) mass is 351 g/mol. The molecule has 1 fully saturated rings. The predicted molar refractivity (Wildman–Crippen MR) is 86.1 cm³/mol. The number of carbonyl (C=O) groups excluding carboxylic acids is 1. The minimum Gasteiger partial charge on any atom is -0.379 e. The summed E-state index contributed by atoms with van der Waals surface area (Å²) in [5.74, 6) is 0.0158. The fraction of sp³-hybridized carbons (Fsp3) is 0.429. The van der Waals surface area contributed by atoms with Crippen molar-refractivity contribution in [3.8, 4) is 0 Å². The second-order valence-corrected chi connectivity index (χ2v) is 6.10. The molecule has 0 bridgehead atoms. The Labute approximate surface area is 131 Å². The van der Waals surface area contributed by atoms with Crippen LogP contribution in [0.1, 0.15) is 12.8 Å². The summed E-state index contributed by atoms with van der Waals surface area (Å²) in [5.41, 5.74) is 7.33. The maximum absolute atomic E-state index is 11.8. The lowest BCUT2D eigenvalue weighted by atomic mass is 10.0. The van der Waals surface area contributed by atoms with Gasteiger partial charge >= 0.3 is 0 Å². The molecule has 2 aromatic rings. The highest BCUT2D eigenvalue weighted by Crippen LogP contribution is 2.31. The molecule has 0 aromatic carbocycles. The van der Waals surface area contributed by atoms with Crippen molar-refractivity contribution in [2.45, 2.75) is 18.9 Å². The van der Waals surface area contributed by atoms with Gasteiger partial charge in [0.05, 0.1) is 16.7 Å². The zero-order valence-corrected chi connectivity index (χ0v) is 13.2. The number of rotatable bonds is 3. The molecule has 1 amide bonds. The molecule has 0 spiro atoms. The summed E-state index contributed by atoms with van der Waals surface area (Å²) in [7, 11) is 0. The zero-order chi connectivity index (χ0) is 14.8. The number of halogens is 1. The van der Waals surface area contributed by atoms with Crippen LogP contribution in [-0.2, 0) is 4.79 Å². The maximum Gasteiger partial charge on any atom is 0.236 e. The molecule has 7 heteroatoms. The Hall–Kier alpha value is -1.60. The van der Waals surface area contributed by atoms with Crippen molar-refractivity contribution >= 4 is 38.6 Å². The lowest BCUT2D eigenvalue weighted by Crippen LogP contribution is -2.47. The standard InChI is InChI=1S/C14H18BrN5O/c15-11-7-18-14-10(3-4-17-14)13(11)19-9-2-1-5-20(8-9)12(21)6-16/h3-4,7,9H,1-2,5-6,8,16H2,(H2,17,18,19)/t9-/m1/s1. The number of carbonyl (C=O) groups is 1. The first kappa shape index (κ1) is 14.3. The second-order valence-electron chi connectivity index (χ2n) is 5.25. The number of fused-ring (bicyclic) bond motifs is 1. The van der Waals surface area contributed by atoms with Crippen molar-refractivity contribution in [3.63, 3.8) is 0 Å². The molecule has 1 aliphatic rings. The van der Waals surface area contributed by atoms with Gasteiger partial charge in [-0.2, -0.15) is 0 Å². The average Bonchev–Trinajstić information content (AvgIpc) is 2.98. The molecule has 0 saturated carbocycles. The van der Waals surface area contributed by atoms with Gasteiger partial charge in [0.1, 0.15) is 5.65 Å². The molecular formula is C14H18BrN5O. The number of aromatic nitrogens is 2. The first-order chi connectivity index (χ1) is 10.2. The predicted octanol–water partition coefficient (Wildman–Crippen LogP) is 1.69. The molecule has 6 nitrogen and oxygen atoms in total. The molecule has 0 radical (unpaired) electrons. The van der Waals surface area contributed by atoms with Gasteiger partial charge in [-0.05, 0) is 34.8 Å². The van der Waals surface area contributed by atoms with Crippen LogP contribution in [0.15, 0.2) is 22.9 Å². The number of hydrogen-bond acceptors (Lipinski definition) is 4. The lowest BCUT2D eigenvalue weighted by Gasteiger charge is -2.33. The highest BCUT2D eigenvalue weighted by molar-refractivity contribution is 9.10. The van der Waals surface area contributed by atoms with E-state index in [1.807, 2.05) is 17.2 Å². The van der Waals surface area contributed by atoms with E-state index in [-0.39, 0.29) is 18.5 Å². The van der Waals surface area contributed by atoms with Gasteiger partial charge in [0, 0.05) is 36.9 Å². The van der Waals surface area contributed by atoms with E-state index >= 15 is 0 Å². The van der Waals surface area contributed by atoms with Gasteiger partial charge in [0.2, 0.25) is 5.91 Å². The van der Waals surface area contributed by atoms with Crippen LogP contribution in [0.4, 0.5) is 5.69 Å². The van der Waals surface area contributed by atoms with E-state index in [2.05, 4.69) is 31.2 Å². The van der Waals surface area contributed by atoms with Crippen molar-refractivity contribution in [2.24, 2.45) is 5.73 Å². The SMILES string of the molecule is NCC(=O)N1CCC[C@@H](Nc2c(Br)cnc3[nH]ccc23)C1. The number of nitrogens with zero attached hydrogens (tertiary/aromatic N) is 2. The molecule has 1 aliphatic heterocycles. The fourth-order valence-electron chi connectivity index (χ4n) is 2.78. The third-order valence-corrected chi connectivity index (χ3v) is 4.44. The first-order valence-electron chi connectivity index (χ1n) is 7.05. The number of nitrogens with one attached hydrogen (secondary N) is 2. The van der Waals surface area contributed by atoms with Crippen molar-refractivity contribution in [1.29, 1.82) is 0 Å². The number of H-pyrrole nitrogens is 1. The Kier molecular flexibility index (Phi) is 4.12. The van der Waals surface area contributed by atoms with Crippen molar-refractivity contribution < 1.29 is 4.79 Å². The van der Waals surface area contributed by atoms with Crippen LogP contribution in [0.25, 0.3) is 11.0 Å². The van der Waals surface area contributed by atoms with Gasteiger partial charge in [0.15, 0.2) is 0 Å². The number of amides is 1. The zero-order valence-electron chi connectivity index (χ0n) is 11.6. The minimum atomic E-state index is 0.0158. The molecule has 1 atom stereocenters. The number of aromatic amines is 1. The van der Waals surface area contributed by atoms with Crippen LogP contribution in [0.2, 0.25) is 0 Å². The molecule has 21 heavy (non-hydrogen) atoms. The molecule has 3 rings (SSSR count). The van der Waals surface area contributed by atoms with Crippen LogP contribution in [0.5, 0.6) is 0 Å².